The average molecular weight is 438 g/mol. The van der Waals surface area contributed by atoms with E-state index in [1.54, 1.807) is 24.4 Å². The van der Waals surface area contributed by atoms with Crippen LogP contribution in [0.15, 0.2) is 78.5 Å². The molecule has 1 aromatic heterocycles. The maximum atomic E-state index is 13.3. The Labute approximate surface area is 190 Å². The van der Waals surface area contributed by atoms with E-state index in [9.17, 15) is 19.8 Å². The number of ketones is 1. The molecule has 3 N–H and O–H groups in total. The van der Waals surface area contributed by atoms with Crippen LogP contribution in [-0.4, -0.2) is 26.9 Å². The van der Waals surface area contributed by atoms with E-state index in [0.717, 1.165) is 22.0 Å². The summed E-state index contributed by atoms with van der Waals surface area (Å²) in [6, 6.07) is 18.5. The van der Waals surface area contributed by atoms with Crippen molar-refractivity contribution in [1.82, 2.24) is 4.98 Å². The number of hydrogen-bond acceptors (Lipinski definition) is 4. The zero-order valence-corrected chi connectivity index (χ0v) is 18.2. The predicted octanol–water partition coefficient (Wildman–Crippen LogP) is 5.12. The molecule has 1 fully saturated rings. The number of anilines is 1. The van der Waals surface area contributed by atoms with Crippen LogP contribution in [0, 0.1) is 13.8 Å². The number of carbonyl (C=O) groups is 2. The third kappa shape index (κ3) is 3.27. The first-order valence-corrected chi connectivity index (χ1v) is 10.6. The molecule has 164 valence electrons. The van der Waals surface area contributed by atoms with Gasteiger partial charge in [0.05, 0.1) is 11.6 Å². The number of carbonyl (C=O) groups excluding carboxylic acids is 2. The molecular weight excluding hydrogens is 416 g/mol. The fourth-order valence-corrected chi connectivity index (χ4v) is 4.36. The number of aryl methyl sites for hydroxylation is 2. The first-order valence-electron chi connectivity index (χ1n) is 10.6. The van der Waals surface area contributed by atoms with E-state index in [0.29, 0.717) is 16.8 Å². The standard InChI is InChI=1S/C27H22N2O4/c1-15-7-10-18(13-16(15)2)29-24(17-8-11-19(30)12-9-17)23(26(32)27(29)33)25(31)21-14-28-22-6-4-3-5-20(21)22/h3-14,24,28,30-31H,1-2H3/b25-23-. The highest BCUT2D eigenvalue weighted by atomic mass is 16.3. The zero-order chi connectivity index (χ0) is 23.3. The van der Waals surface area contributed by atoms with Crippen molar-refractivity contribution >= 4 is 34.0 Å². The number of phenolic OH excluding ortho intramolecular Hbond substituents is 1. The summed E-state index contributed by atoms with van der Waals surface area (Å²) in [6.07, 6.45) is 1.64. The Morgan fingerprint density at radius 2 is 1.67 bits per heavy atom. The lowest BCUT2D eigenvalue weighted by atomic mass is 9.94. The number of nitrogens with one attached hydrogen (secondary N) is 1. The third-order valence-corrected chi connectivity index (χ3v) is 6.27. The average Bonchev–Trinajstić information content (AvgIpc) is 3.35. The van der Waals surface area contributed by atoms with Crippen LogP contribution in [0.3, 0.4) is 0 Å². The van der Waals surface area contributed by atoms with Crippen LogP contribution < -0.4 is 4.90 Å². The summed E-state index contributed by atoms with van der Waals surface area (Å²) in [5.74, 6) is -1.64. The molecule has 6 nitrogen and oxygen atoms in total. The fourth-order valence-electron chi connectivity index (χ4n) is 4.36. The highest BCUT2D eigenvalue weighted by molar-refractivity contribution is 6.51. The van der Waals surface area contributed by atoms with Crippen molar-refractivity contribution in [2.45, 2.75) is 19.9 Å². The fraction of sp³-hybridized carbons (Fsp3) is 0.111. The van der Waals surface area contributed by atoms with E-state index in [-0.39, 0.29) is 17.1 Å². The summed E-state index contributed by atoms with van der Waals surface area (Å²) in [6.45, 7) is 3.92. The van der Waals surface area contributed by atoms with Gasteiger partial charge in [-0.15, -0.1) is 0 Å². The van der Waals surface area contributed by atoms with Crippen molar-refractivity contribution in [1.29, 1.82) is 0 Å². The summed E-state index contributed by atoms with van der Waals surface area (Å²) >= 11 is 0. The van der Waals surface area contributed by atoms with Gasteiger partial charge in [0.25, 0.3) is 11.7 Å². The van der Waals surface area contributed by atoms with E-state index >= 15 is 0 Å². The largest absolute Gasteiger partial charge is 0.508 e. The molecule has 2 heterocycles. The molecule has 3 aromatic carbocycles. The number of aromatic nitrogens is 1. The van der Waals surface area contributed by atoms with E-state index in [2.05, 4.69) is 4.98 Å². The molecule has 1 unspecified atom stereocenters. The Bertz CT molecular complexity index is 1450. The highest BCUT2D eigenvalue weighted by Gasteiger charge is 2.47. The number of rotatable bonds is 3. The number of para-hydroxylation sites is 1. The van der Waals surface area contributed by atoms with Crippen LogP contribution in [0.1, 0.15) is 28.3 Å². The number of fused-ring (bicyclic) bond motifs is 1. The third-order valence-electron chi connectivity index (χ3n) is 6.27. The maximum Gasteiger partial charge on any atom is 0.300 e. The number of H-pyrrole nitrogens is 1. The van der Waals surface area contributed by atoms with Crippen molar-refractivity contribution in [3.8, 4) is 5.75 Å². The highest BCUT2D eigenvalue weighted by Crippen LogP contribution is 2.43. The molecule has 1 aliphatic heterocycles. The van der Waals surface area contributed by atoms with Crippen LogP contribution in [0.25, 0.3) is 16.7 Å². The minimum Gasteiger partial charge on any atom is -0.508 e. The number of amides is 1. The number of aromatic hydroxyl groups is 1. The second-order valence-electron chi connectivity index (χ2n) is 8.28. The number of aliphatic hydroxyl groups excluding tert-OH is 1. The molecule has 0 aliphatic carbocycles. The minimum absolute atomic E-state index is 0.00803. The van der Waals surface area contributed by atoms with Crippen molar-refractivity contribution in [2.75, 3.05) is 4.90 Å². The lowest BCUT2D eigenvalue weighted by Gasteiger charge is -2.26. The molecule has 0 radical (unpaired) electrons. The first kappa shape index (κ1) is 20.6. The van der Waals surface area contributed by atoms with Gasteiger partial charge in [-0.25, -0.2) is 0 Å². The van der Waals surface area contributed by atoms with E-state index < -0.39 is 17.7 Å². The van der Waals surface area contributed by atoms with Gasteiger partial charge in [0, 0.05) is 28.4 Å². The Morgan fingerprint density at radius 1 is 0.939 bits per heavy atom. The van der Waals surface area contributed by atoms with E-state index in [1.807, 2.05) is 50.2 Å². The Hall–Kier alpha value is -4.32. The van der Waals surface area contributed by atoms with Crippen LogP contribution >= 0.6 is 0 Å². The lowest BCUT2D eigenvalue weighted by Crippen LogP contribution is -2.29. The van der Waals surface area contributed by atoms with Crippen LogP contribution in [-0.2, 0) is 9.59 Å². The van der Waals surface area contributed by atoms with E-state index in [1.165, 1.54) is 17.0 Å². The van der Waals surface area contributed by atoms with Gasteiger partial charge < -0.3 is 15.2 Å². The summed E-state index contributed by atoms with van der Waals surface area (Å²) in [7, 11) is 0. The number of phenols is 1. The predicted molar refractivity (Wildman–Crippen MR) is 127 cm³/mol. The number of Topliss-reactive ketones (excluding diaryl/α,β-unsaturated/α-hetero) is 1. The SMILES string of the molecule is Cc1ccc(N2C(=O)C(=O)/C(=C(\O)c3c[nH]c4ccccc34)C2c2ccc(O)cc2)cc1C. The van der Waals surface area contributed by atoms with Gasteiger partial charge >= 0.3 is 0 Å². The second-order valence-corrected chi connectivity index (χ2v) is 8.28. The molecular formula is C27H22N2O4. The number of aromatic amines is 1. The summed E-state index contributed by atoms with van der Waals surface area (Å²) in [5.41, 5.74) is 4.48. The van der Waals surface area contributed by atoms with Crippen molar-refractivity contribution in [3.05, 3.63) is 101 Å². The number of nitrogens with zero attached hydrogens (tertiary/aromatic N) is 1. The van der Waals surface area contributed by atoms with Gasteiger partial charge in [-0.05, 0) is 60.9 Å². The molecule has 6 heteroatoms. The number of hydrogen-bond donors (Lipinski definition) is 3. The smallest absolute Gasteiger partial charge is 0.300 e. The lowest BCUT2D eigenvalue weighted by molar-refractivity contribution is -0.132. The molecule has 4 aromatic rings. The van der Waals surface area contributed by atoms with Crippen LogP contribution in [0.2, 0.25) is 0 Å². The summed E-state index contributed by atoms with van der Waals surface area (Å²) < 4.78 is 0. The normalized spacial score (nSPS) is 17.8. The molecule has 5 rings (SSSR count). The molecule has 0 bridgehead atoms. The molecule has 0 spiro atoms. The first-order chi connectivity index (χ1) is 15.9. The van der Waals surface area contributed by atoms with Gasteiger partial charge in [-0.3, -0.25) is 14.5 Å². The topological polar surface area (TPSA) is 93.6 Å². The van der Waals surface area contributed by atoms with Gasteiger partial charge in [-0.2, -0.15) is 0 Å². The van der Waals surface area contributed by atoms with Gasteiger partial charge in [-0.1, -0.05) is 36.4 Å². The minimum atomic E-state index is -0.846. The van der Waals surface area contributed by atoms with Crippen molar-refractivity contribution in [2.24, 2.45) is 0 Å². The Morgan fingerprint density at radius 3 is 2.39 bits per heavy atom. The molecule has 0 saturated carbocycles. The quantitative estimate of drug-likeness (QED) is 0.235. The maximum absolute atomic E-state index is 13.3. The van der Waals surface area contributed by atoms with Crippen LogP contribution in [0.5, 0.6) is 5.75 Å². The zero-order valence-electron chi connectivity index (χ0n) is 18.2. The number of aliphatic hydroxyl groups is 1. The second kappa shape index (κ2) is 7.67. The van der Waals surface area contributed by atoms with Crippen molar-refractivity contribution < 1.29 is 19.8 Å². The Kier molecular flexibility index (Phi) is 4.78. The summed E-state index contributed by atoms with van der Waals surface area (Å²) in [4.78, 5) is 31.1. The summed E-state index contributed by atoms with van der Waals surface area (Å²) in [5, 5.41) is 21.9. The van der Waals surface area contributed by atoms with E-state index in [4.69, 9.17) is 0 Å². The van der Waals surface area contributed by atoms with Crippen LogP contribution in [0.4, 0.5) is 5.69 Å². The molecule has 1 saturated heterocycles. The van der Waals surface area contributed by atoms with Crippen molar-refractivity contribution in [3.63, 3.8) is 0 Å². The molecule has 33 heavy (non-hydrogen) atoms. The number of benzene rings is 3. The Balaban J connectivity index is 1.76. The molecule has 1 atom stereocenters. The van der Waals surface area contributed by atoms with Gasteiger partial charge in [0.2, 0.25) is 0 Å². The monoisotopic (exact) mass is 438 g/mol. The van der Waals surface area contributed by atoms with Gasteiger partial charge in [0.1, 0.15) is 11.5 Å². The molecule has 1 amide bonds. The molecule has 1 aliphatic rings. The van der Waals surface area contributed by atoms with Gasteiger partial charge in [0.15, 0.2) is 0 Å².